The van der Waals surface area contributed by atoms with Crippen molar-refractivity contribution in [3.05, 3.63) is 78.2 Å². The molecule has 1 atom stereocenters. The minimum Gasteiger partial charge on any atom is -0.487 e. The molecule has 0 bridgehead atoms. The first-order chi connectivity index (χ1) is 17.6. The molecule has 1 saturated heterocycles. The number of hydrogen-bond donors (Lipinski definition) is 1. The molecular formula is C29H29N3O4. The molecule has 1 aliphatic heterocycles. The van der Waals surface area contributed by atoms with Crippen LogP contribution in [0.4, 0.5) is 0 Å². The van der Waals surface area contributed by atoms with Gasteiger partial charge in [-0.1, -0.05) is 59.8 Å². The van der Waals surface area contributed by atoms with Gasteiger partial charge in [0.05, 0.1) is 0 Å². The lowest BCUT2D eigenvalue weighted by Gasteiger charge is -2.33. The van der Waals surface area contributed by atoms with Crippen molar-refractivity contribution in [2.45, 2.75) is 31.8 Å². The van der Waals surface area contributed by atoms with Crippen LogP contribution >= 0.6 is 0 Å². The summed E-state index contributed by atoms with van der Waals surface area (Å²) >= 11 is 0. The highest BCUT2D eigenvalue weighted by Crippen LogP contribution is 2.33. The summed E-state index contributed by atoms with van der Waals surface area (Å²) < 4.78 is 17.0. The third-order valence-electron chi connectivity index (χ3n) is 6.99. The molecule has 0 saturated carbocycles. The summed E-state index contributed by atoms with van der Waals surface area (Å²) in [6.45, 7) is 4.46. The summed E-state index contributed by atoms with van der Waals surface area (Å²) in [6, 6.07) is 22.9. The molecule has 1 N–H and O–H groups in total. The van der Waals surface area contributed by atoms with E-state index in [0.29, 0.717) is 41.3 Å². The van der Waals surface area contributed by atoms with Crippen LogP contribution in [0.3, 0.4) is 0 Å². The number of para-hydroxylation sites is 1. The fourth-order valence-electron chi connectivity index (χ4n) is 5.11. The molecule has 3 heterocycles. The van der Waals surface area contributed by atoms with Crippen LogP contribution in [0.1, 0.15) is 30.2 Å². The van der Waals surface area contributed by atoms with E-state index in [-0.39, 0.29) is 6.61 Å². The van der Waals surface area contributed by atoms with Crippen LogP contribution in [0.15, 0.2) is 75.7 Å². The number of nitrogens with zero attached hydrogens (tertiary/aromatic N) is 3. The zero-order valence-corrected chi connectivity index (χ0v) is 20.3. The zero-order valence-electron chi connectivity index (χ0n) is 20.3. The molecule has 0 spiro atoms. The van der Waals surface area contributed by atoms with Gasteiger partial charge in [-0.05, 0) is 60.3 Å². The van der Waals surface area contributed by atoms with Crippen molar-refractivity contribution in [1.82, 2.24) is 15.0 Å². The number of aryl methyl sites for hydroxylation is 1. The Hall–Kier alpha value is -3.68. The Kier molecular flexibility index (Phi) is 6.17. The van der Waals surface area contributed by atoms with Gasteiger partial charge in [-0.15, -0.1) is 0 Å². The summed E-state index contributed by atoms with van der Waals surface area (Å²) in [7, 11) is 0. The van der Waals surface area contributed by atoms with E-state index in [1.807, 2.05) is 24.3 Å². The van der Waals surface area contributed by atoms with E-state index in [9.17, 15) is 5.11 Å². The van der Waals surface area contributed by atoms with E-state index in [4.69, 9.17) is 13.7 Å². The number of piperidine rings is 1. The standard InChI is InChI=1S/C29H29N3O4/c1-19-30-29(31-36-19)27-16-24-7-4-8-26(28(24)35-27)34-18-25(33)17-32-13-11-21(12-14-32)23-10-9-20-5-2-3-6-22(20)15-23/h2-10,15-16,21,25,33H,11-14,17-18H2,1H3/t25-/m0/s1. The quantitative estimate of drug-likeness (QED) is 0.324. The van der Waals surface area contributed by atoms with E-state index in [2.05, 4.69) is 57.5 Å². The first kappa shape index (κ1) is 22.8. The highest BCUT2D eigenvalue weighted by atomic mass is 16.5. The second-order valence-electron chi connectivity index (χ2n) is 9.57. The third-order valence-corrected chi connectivity index (χ3v) is 6.99. The number of ether oxygens (including phenoxy) is 1. The van der Waals surface area contributed by atoms with Gasteiger partial charge in [0, 0.05) is 18.9 Å². The number of rotatable bonds is 7. The van der Waals surface area contributed by atoms with Crippen molar-refractivity contribution in [1.29, 1.82) is 0 Å². The molecular weight excluding hydrogens is 454 g/mol. The summed E-state index contributed by atoms with van der Waals surface area (Å²) in [5.74, 6) is 2.56. The predicted octanol–water partition coefficient (Wildman–Crippen LogP) is 5.56. The molecule has 3 aromatic carbocycles. The number of aliphatic hydroxyl groups is 1. The van der Waals surface area contributed by atoms with Crippen molar-refractivity contribution in [2.24, 2.45) is 0 Å². The van der Waals surface area contributed by atoms with Crippen LogP contribution in [-0.2, 0) is 0 Å². The number of β-amino-alcohol motifs (C(OH)–C–C–N with tert-alkyl or cyclic N) is 1. The third kappa shape index (κ3) is 4.72. The number of likely N-dealkylation sites (tertiary alicyclic amines) is 1. The highest BCUT2D eigenvalue weighted by molar-refractivity contribution is 5.86. The van der Waals surface area contributed by atoms with Crippen LogP contribution in [0.25, 0.3) is 33.3 Å². The highest BCUT2D eigenvalue weighted by Gasteiger charge is 2.23. The number of fused-ring (bicyclic) bond motifs is 2. The zero-order chi connectivity index (χ0) is 24.5. The molecule has 0 radical (unpaired) electrons. The van der Waals surface area contributed by atoms with Crippen LogP contribution in [0.5, 0.6) is 5.75 Å². The fourth-order valence-corrected chi connectivity index (χ4v) is 5.11. The molecule has 7 heteroatoms. The van der Waals surface area contributed by atoms with Crippen molar-refractivity contribution in [3.63, 3.8) is 0 Å². The molecule has 36 heavy (non-hydrogen) atoms. The molecule has 0 amide bonds. The first-order valence-electron chi connectivity index (χ1n) is 12.5. The summed E-state index contributed by atoms with van der Waals surface area (Å²) in [4.78, 5) is 6.55. The lowest BCUT2D eigenvalue weighted by molar-refractivity contribution is 0.0596. The van der Waals surface area contributed by atoms with E-state index in [1.54, 1.807) is 6.92 Å². The predicted molar refractivity (Wildman–Crippen MR) is 138 cm³/mol. The molecule has 5 aromatic rings. The Balaban J connectivity index is 1.04. The van der Waals surface area contributed by atoms with Crippen LogP contribution in [0, 0.1) is 6.92 Å². The van der Waals surface area contributed by atoms with Gasteiger partial charge in [-0.3, -0.25) is 0 Å². The molecule has 1 aliphatic rings. The Bertz CT molecular complexity index is 1480. The van der Waals surface area contributed by atoms with Crippen molar-refractivity contribution >= 4 is 21.7 Å². The Labute approximate surface area is 209 Å². The van der Waals surface area contributed by atoms with Gasteiger partial charge < -0.3 is 23.7 Å². The topological polar surface area (TPSA) is 84.8 Å². The van der Waals surface area contributed by atoms with Gasteiger partial charge in [0.25, 0.3) is 0 Å². The maximum atomic E-state index is 10.7. The van der Waals surface area contributed by atoms with Crippen LogP contribution in [0.2, 0.25) is 0 Å². The van der Waals surface area contributed by atoms with Crippen LogP contribution in [-0.4, -0.2) is 52.5 Å². The first-order valence-corrected chi connectivity index (χ1v) is 12.5. The molecule has 7 nitrogen and oxygen atoms in total. The van der Waals surface area contributed by atoms with Gasteiger partial charge in [0.2, 0.25) is 11.7 Å². The van der Waals surface area contributed by atoms with Gasteiger partial charge in [-0.2, -0.15) is 4.98 Å². The fraction of sp³-hybridized carbons (Fsp3) is 0.310. The van der Waals surface area contributed by atoms with Crippen LogP contribution < -0.4 is 4.74 Å². The molecule has 1 fully saturated rings. The number of furan rings is 1. The molecule has 6 rings (SSSR count). The van der Waals surface area contributed by atoms with Crippen molar-refractivity contribution < 1.29 is 18.8 Å². The van der Waals surface area contributed by atoms with Gasteiger partial charge in [0.1, 0.15) is 12.7 Å². The minimum atomic E-state index is -0.591. The number of aromatic nitrogens is 2. The normalized spacial score (nSPS) is 16.1. The Morgan fingerprint density at radius 3 is 2.61 bits per heavy atom. The smallest absolute Gasteiger partial charge is 0.238 e. The van der Waals surface area contributed by atoms with E-state index in [0.717, 1.165) is 31.3 Å². The molecule has 0 unspecified atom stereocenters. The van der Waals surface area contributed by atoms with Gasteiger partial charge >= 0.3 is 0 Å². The van der Waals surface area contributed by atoms with Crippen molar-refractivity contribution in [3.8, 4) is 17.3 Å². The summed E-state index contributed by atoms with van der Waals surface area (Å²) in [5, 5.41) is 18.1. The largest absolute Gasteiger partial charge is 0.487 e. The minimum absolute atomic E-state index is 0.196. The lowest BCUT2D eigenvalue weighted by atomic mass is 9.88. The van der Waals surface area contributed by atoms with E-state index >= 15 is 0 Å². The monoisotopic (exact) mass is 483 g/mol. The van der Waals surface area contributed by atoms with E-state index in [1.165, 1.54) is 16.3 Å². The number of benzene rings is 3. The molecule has 184 valence electrons. The SMILES string of the molecule is Cc1nc(-c2cc3cccc(OC[C@@H](O)CN4CCC(c5ccc6ccccc6c5)CC4)c3o2)no1. The average Bonchev–Trinajstić information content (AvgIpc) is 3.54. The maximum absolute atomic E-state index is 10.7. The summed E-state index contributed by atoms with van der Waals surface area (Å²) in [5.41, 5.74) is 2.03. The van der Waals surface area contributed by atoms with Crippen molar-refractivity contribution in [2.75, 3.05) is 26.2 Å². The summed E-state index contributed by atoms with van der Waals surface area (Å²) in [6.07, 6.45) is 1.60. The lowest BCUT2D eigenvalue weighted by Crippen LogP contribution is -2.40. The molecule has 2 aromatic heterocycles. The average molecular weight is 484 g/mol. The second-order valence-corrected chi connectivity index (χ2v) is 9.57. The second kappa shape index (κ2) is 9.76. The van der Waals surface area contributed by atoms with Gasteiger partial charge in [0.15, 0.2) is 17.1 Å². The Morgan fingerprint density at radius 2 is 1.81 bits per heavy atom. The Morgan fingerprint density at radius 1 is 1.00 bits per heavy atom. The number of aliphatic hydroxyl groups excluding tert-OH is 1. The molecule has 0 aliphatic carbocycles. The number of hydrogen-bond acceptors (Lipinski definition) is 7. The maximum Gasteiger partial charge on any atom is 0.238 e. The van der Waals surface area contributed by atoms with Gasteiger partial charge in [-0.25, -0.2) is 0 Å². The van der Waals surface area contributed by atoms with E-state index < -0.39 is 6.10 Å².